The van der Waals surface area contributed by atoms with Gasteiger partial charge in [0, 0.05) is 0 Å². The Kier molecular flexibility index (Phi) is 14.3. The fourth-order valence-corrected chi connectivity index (χ4v) is 4.28. The van der Waals surface area contributed by atoms with Crippen LogP contribution in [0.5, 0.6) is 0 Å². The fourth-order valence-electron chi connectivity index (χ4n) is 4.28. The first-order valence-corrected chi connectivity index (χ1v) is 15.6. The third-order valence-corrected chi connectivity index (χ3v) is 6.97. The highest BCUT2D eigenvalue weighted by Gasteiger charge is 2.01. The fraction of sp³-hybridized carbons (Fsp3) is 0.163. The van der Waals surface area contributed by atoms with E-state index in [4.69, 9.17) is 0 Å². The van der Waals surface area contributed by atoms with E-state index in [-0.39, 0.29) is 0 Å². The molecule has 218 valence electrons. The Morgan fingerprint density at radius 2 is 0.512 bits per heavy atom. The Morgan fingerprint density at radius 1 is 0.326 bits per heavy atom. The minimum Gasteiger partial charge on any atom is -0.0683 e. The Bertz CT molecular complexity index is 1320. The topological polar surface area (TPSA) is 0 Å². The van der Waals surface area contributed by atoms with Crippen LogP contribution in [0.4, 0.5) is 0 Å². The zero-order chi connectivity index (χ0) is 30.7. The van der Waals surface area contributed by atoms with E-state index in [2.05, 4.69) is 166 Å². The number of rotatable bonds is 5. The molecule has 0 aliphatic rings. The smallest absolute Gasteiger partial charge is 0.0178 e. The summed E-state index contributed by atoms with van der Waals surface area (Å²) in [4.78, 5) is 0. The Hall–Kier alpha value is -4.68. The van der Waals surface area contributed by atoms with Crippen LogP contribution in [0.1, 0.15) is 41.0 Å². The second-order valence-corrected chi connectivity index (χ2v) is 10.4. The van der Waals surface area contributed by atoms with Gasteiger partial charge < -0.3 is 0 Å². The lowest BCUT2D eigenvalue weighted by Crippen LogP contribution is -1.80. The highest BCUT2D eigenvalue weighted by molar-refractivity contribution is 5.74. The maximum absolute atomic E-state index is 2.24. The van der Waals surface area contributed by atoms with Crippen LogP contribution in [0.3, 0.4) is 0 Å². The first kappa shape index (κ1) is 32.8. The molecule has 0 heteroatoms. The zero-order valence-corrected chi connectivity index (χ0v) is 26.5. The molecule has 0 aromatic heterocycles. The van der Waals surface area contributed by atoms with Crippen molar-refractivity contribution < 1.29 is 0 Å². The molecule has 0 unspecified atom stereocenters. The van der Waals surface area contributed by atoms with Gasteiger partial charge in [-0.1, -0.05) is 199 Å². The largest absolute Gasteiger partial charge is 0.0683 e. The van der Waals surface area contributed by atoms with Crippen LogP contribution in [0.25, 0.3) is 44.5 Å². The van der Waals surface area contributed by atoms with Crippen molar-refractivity contribution in [3.05, 3.63) is 170 Å². The molecule has 0 bridgehead atoms. The van der Waals surface area contributed by atoms with E-state index in [0.717, 1.165) is 5.92 Å². The summed E-state index contributed by atoms with van der Waals surface area (Å²) in [6, 6.07) is 59.3. The van der Waals surface area contributed by atoms with Gasteiger partial charge in [0.25, 0.3) is 0 Å². The molecule has 0 N–H and O–H groups in total. The maximum atomic E-state index is 2.24. The van der Waals surface area contributed by atoms with Crippen molar-refractivity contribution >= 4 is 0 Å². The molecule has 0 saturated heterocycles. The van der Waals surface area contributed by atoms with Gasteiger partial charge in [0.1, 0.15) is 0 Å². The van der Waals surface area contributed by atoms with E-state index < -0.39 is 0 Å². The summed E-state index contributed by atoms with van der Waals surface area (Å²) in [6.45, 7) is 10.6. The van der Waals surface area contributed by atoms with Crippen molar-refractivity contribution in [2.45, 2.75) is 41.0 Å². The normalized spacial score (nSPS) is 9.81. The van der Waals surface area contributed by atoms with Crippen molar-refractivity contribution in [1.29, 1.82) is 0 Å². The standard InChI is InChI=1S/2C18H14.C5H12.C2H6/c2*1-3-8-15(9-4-1)17-12-7-13-18(14-17)16-10-5-2-6-11-16;1-4-5(2)3;1-2/h2*1-14H;5H,4H2,1-3H3;1-2H3. The van der Waals surface area contributed by atoms with Gasteiger partial charge in [-0.2, -0.15) is 0 Å². The van der Waals surface area contributed by atoms with E-state index in [1.807, 2.05) is 38.1 Å². The minimum atomic E-state index is 0.884. The van der Waals surface area contributed by atoms with Gasteiger partial charge in [-0.15, -0.1) is 0 Å². The van der Waals surface area contributed by atoms with Gasteiger partial charge >= 0.3 is 0 Å². The first-order chi connectivity index (χ1) is 21.1. The lowest BCUT2D eigenvalue weighted by Gasteiger charge is -2.05. The molecular weight excluding hydrogens is 516 g/mol. The summed E-state index contributed by atoms with van der Waals surface area (Å²) < 4.78 is 0. The average Bonchev–Trinajstić information content (AvgIpc) is 3.11. The van der Waals surface area contributed by atoms with Crippen LogP contribution in [0.15, 0.2) is 170 Å². The predicted molar refractivity (Wildman–Crippen MR) is 191 cm³/mol. The Morgan fingerprint density at radius 3 is 0.698 bits per heavy atom. The van der Waals surface area contributed by atoms with Gasteiger partial charge in [0.05, 0.1) is 0 Å². The SMILES string of the molecule is CC.CCC(C)C.c1ccc(-c2cccc(-c3ccccc3)c2)cc1.c1ccc(-c2cccc(-c3ccccc3)c2)cc1. The van der Waals surface area contributed by atoms with Crippen molar-refractivity contribution in [3.8, 4) is 44.5 Å². The quantitative estimate of drug-likeness (QED) is 0.196. The molecule has 0 aliphatic heterocycles. The van der Waals surface area contributed by atoms with Gasteiger partial charge in [-0.3, -0.25) is 0 Å². The third kappa shape index (κ3) is 10.9. The summed E-state index contributed by atoms with van der Waals surface area (Å²) in [5, 5.41) is 0. The molecule has 0 saturated carbocycles. The molecule has 0 atom stereocenters. The zero-order valence-electron chi connectivity index (χ0n) is 26.5. The molecule has 0 radical (unpaired) electrons. The molecule has 43 heavy (non-hydrogen) atoms. The number of hydrogen-bond acceptors (Lipinski definition) is 0. The molecule has 0 amide bonds. The number of hydrogen-bond donors (Lipinski definition) is 0. The molecule has 0 nitrogen and oxygen atoms in total. The van der Waals surface area contributed by atoms with Crippen molar-refractivity contribution in [1.82, 2.24) is 0 Å². The molecule has 0 aliphatic carbocycles. The van der Waals surface area contributed by atoms with Gasteiger partial charge in [-0.25, -0.2) is 0 Å². The lowest BCUT2D eigenvalue weighted by atomic mass is 9.99. The molecule has 0 spiro atoms. The van der Waals surface area contributed by atoms with Crippen LogP contribution >= 0.6 is 0 Å². The molecule has 6 rings (SSSR count). The van der Waals surface area contributed by atoms with E-state index in [9.17, 15) is 0 Å². The molecule has 6 aromatic rings. The van der Waals surface area contributed by atoms with E-state index in [0.29, 0.717) is 0 Å². The van der Waals surface area contributed by atoms with Crippen molar-refractivity contribution in [2.24, 2.45) is 5.92 Å². The summed E-state index contributed by atoms with van der Waals surface area (Å²) in [6.07, 6.45) is 1.31. The highest BCUT2D eigenvalue weighted by atomic mass is 14.1. The van der Waals surface area contributed by atoms with Crippen LogP contribution in [0.2, 0.25) is 0 Å². The summed E-state index contributed by atoms with van der Waals surface area (Å²) in [5.41, 5.74) is 10.1. The first-order valence-electron chi connectivity index (χ1n) is 15.6. The third-order valence-electron chi connectivity index (χ3n) is 6.97. The second-order valence-electron chi connectivity index (χ2n) is 10.4. The van der Waals surface area contributed by atoms with Crippen LogP contribution < -0.4 is 0 Å². The summed E-state index contributed by atoms with van der Waals surface area (Å²) in [5.74, 6) is 0.884. The van der Waals surface area contributed by atoms with Crippen molar-refractivity contribution in [3.63, 3.8) is 0 Å². The predicted octanol–water partition coefficient (Wildman–Crippen LogP) is 13.1. The Labute approximate surface area is 260 Å². The molecule has 6 aromatic carbocycles. The summed E-state index contributed by atoms with van der Waals surface area (Å²) in [7, 11) is 0. The van der Waals surface area contributed by atoms with Gasteiger partial charge in [0.2, 0.25) is 0 Å². The monoisotopic (exact) mass is 562 g/mol. The van der Waals surface area contributed by atoms with Crippen LogP contribution in [-0.4, -0.2) is 0 Å². The van der Waals surface area contributed by atoms with Crippen LogP contribution in [-0.2, 0) is 0 Å². The second kappa shape index (κ2) is 18.7. The number of benzene rings is 6. The summed E-state index contributed by atoms with van der Waals surface area (Å²) >= 11 is 0. The average molecular weight is 563 g/mol. The van der Waals surface area contributed by atoms with Crippen LogP contribution in [0, 0.1) is 5.92 Å². The van der Waals surface area contributed by atoms with E-state index in [1.165, 1.54) is 50.9 Å². The van der Waals surface area contributed by atoms with Gasteiger partial charge in [-0.05, 0) is 62.6 Å². The molecular formula is C43H46. The Balaban J connectivity index is 0.000000195. The van der Waals surface area contributed by atoms with Crippen molar-refractivity contribution in [2.75, 3.05) is 0 Å². The maximum Gasteiger partial charge on any atom is -0.0178 e. The minimum absolute atomic E-state index is 0.884. The highest BCUT2D eigenvalue weighted by Crippen LogP contribution is 2.27. The van der Waals surface area contributed by atoms with E-state index in [1.54, 1.807) is 0 Å². The van der Waals surface area contributed by atoms with Gasteiger partial charge in [0.15, 0.2) is 0 Å². The molecule has 0 heterocycles. The lowest BCUT2D eigenvalue weighted by molar-refractivity contribution is 0.626. The van der Waals surface area contributed by atoms with E-state index >= 15 is 0 Å². The molecule has 0 fully saturated rings.